The van der Waals surface area contributed by atoms with E-state index in [2.05, 4.69) is 15.5 Å². The molecule has 1 amide bonds. The van der Waals surface area contributed by atoms with Gasteiger partial charge in [-0.3, -0.25) is 9.59 Å². The van der Waals surface area contributed by atoms with Gasteiger partial charge in [-0.15, -0.1) is 0 Å². The van der Waals surface area contributed by atoms with Gasteiger partial charge in [-0.05, 0) is 37.3 Å². The maximum Gasteiger partial charge on any atom is 0.259 e. The Hall–Kier alpha value is -3.42. The zero-order valence-corrected chi connectivity index (χ0v) is 15.1. The van der Waals surface area contributed by atoms with E-state index in [1.165, 1.54) is 16.8 Å². The molecular formula is C19H20N4O4. The second kappa shape index (κ2) is 8.31. The Morgan fingerprint density at radius 2 is 1.96 bits per heavy atom. The number of aromatic nitrogens is 3. The smallest absolute Gasteiger partial charge is 0.259 e. The molecule has 8 nitrogen and oxygen atoms in total. The Bertz CT molecular complexity index is 976. The lowest BCUT2D eigenvalue weighted by atomic mass is 10.2. The maximum atomic E-state index is 12.3. The van der Waals surface area contributed by atoms with Crippen molar-refractivity contribution in [2.24, 2.45) is 0 Å². The fourth-order valence-corrected chi connectivity index (χ4v) is 2.45. The van der Waals surface area contributed by atoms with Crippen molar-refractivity contribution < 1.29 is 14.1 Å². The molecule has 0 saturated carbocycles. The van der Waals surface area contributed by atoms with Crippen LogP contribution >= 0.6 is 0 Å². The van der Waals surface area contributed by atoms with Crippen LogP contribution in [-0.4, -0.2) is 27.2 Å². The largest absolute Gasteiger partial charge is 0.494 e. The van der Waals surface area contributed by atoms with Gasteiger partial charge in [-0.2, -0.15) is 4.98 Å². The average molecular weight is 368 g/mol. The van der Waals surface area contributed by atoms with Gasteiger partial charge < -0.3 is 19.1 Å². The van der Waals surface area contributed by atoms with E-state index in [1.54, 1.807) is 30.3 Å². The van der Waals surface area contributed by atoms with Crippen molar-refractivity contribution in [1.29, 1.82) is 0 Å². The summed E-state index contributed by atoms with van der Waals surface area (Å²) in [5.74, 6) is 1.30. The van der Waals surface area contributed by atoms with Crippen LogP contribution in [0.4, 0.5) is 5.69 Å². The molecule has 1 N–H and O–H groups in total. The Morgan fingerprint density at radius 1 is 1.19 bits per heavy atom. The van der Waals surface area contributed by atoms with E-state index in [-0.39, 0.29) is 18.0 Å². The van der Waals surface area contributed by atoms with Crippen LogP contribution in [0.2, 0.25) is 0 Å². The minimum atomic E-state index is -0.321. The monoisotopic (exact) mass is 368 g/mol. The molecule has 0 aliphatic heterocycles. The molecule has 0 saturated heterocycles. The minimum Gasteiger partial charge on any atom is -0.494 e. The van der Waals surface area contributed by atoms with Gasteiger partial charge in [0, 0.05) is 24.4 Å². The van der Waals surface area contributed by atoms with Gasteiger partial charge in [0.15, 0.2) is 5.82 Å². The summed E-state index contributed by atoms with van der Waals surface area (Å²) in [6.45, 7) is 4.26. The Kier molecular flexibility index (Phi) is 5.65. The lowest BCUT2D eigenvalue weighted by Gasteiger charge is -2.09. The van der Waals surface area contributed by atoms with Crippen molar-refractivity contribution in [3.05, 3.63) is 58.8 Å². The summed E-state index contributed by atoms with van der Waals surface area (Å²) in [6, 6.07) is 9.99. The first-order valence-corrected chi connectivity index (χ1v) is 8.65. The van der Waals surface area contributed by atoms with Gasteiger partial charge in [0.25, 0.3) is 11.4 Å². The van der Waals surface area contributed by atoms with Crippen molar-refractivity contribution >= 4 is 11.6 Å². The molecule has 0 aliphatic rings. The molecule has 3 rings (SSSR count). The topological polar surface area (TPSA) is 99.2 Å². The first-order valence-electron chi connectivity index (χ1n) is 8.65. The Labute approximate surface area is 155 Å². The molecule has 0 bridgehead atoms. The highest BCUT2D eigenvalue weighted by molar-refractivity contribution is 5.90. The number of hydrogen-bond donors (Lipinski definition) is 1. The number of nitrogens with zero attached hydrogens (tertiary/aromatic N) is 3. The van der Waals surface area contributed by atoms with E-state index in [0.29, 0.717) is 36.0 Å². The van der Waals surface area contributed by atoms with Crippen molar-refractivity contribution in [3.63, 3.8) is 0 Å². The number of carbonyl (C=O) groups excluding carboxylic acids is 1. The van der Waals surface area contributed by atoms with E-state index in [1.807, 2.05) is 13.8 Å². The number of ether oxygens (including phenoxy) is 1. The third kappa shape index (κ3) is 4.60. The molecule has 3 aromatic rings. The first kappa shape index (κ1) is 18.4. The summed E-state index contributed by atoms with van der Waals surface area (Å²) in [5, 5.41) is 6.59. The van der Waals surface area contributed by atoms with Gasteiger partial charge in [-0.1, -0.05) is 12.1 Å². The number of rotatable bonds is 7. The molecular weight excluding hydrogens is 348 g/mol. The minimum absolute atomic E-state index is 0.130. The number of nitrogens with one attached hydrogen (secondary N) is 1. The highest BCUT2D eigenvalue weighted by Crippen LogP contribution is 2.17. The summed E-state index contributed by atoms with van der Waals surface area (Å²) >= 11 is 0. The molecule has 8 heteroatoms. The predicted molar refractivity (Wildman–Crippen MR) is 99.6 cm³/mol. The van der Waals surface area contributed by atoms with Crippen molar-refractivity contribution in [2.45, 2.75) is 26.8 Å². The molecule has 0 radical (unpaired) electrons. The summed E-state index contributed by atoms with van der Waals surface area (Å²) < 4.78 is 11.8. The van der Waals surface area contributed by atoms with Crippen LogP contribution < -0.4 is 15.6 Å². The van der Waals surface area contributed by atoms with Crippen LogP contribution in [0.15, 0.2) is 51.9 Å². The lowest BCUT2D eigenvalue weighted by Crippen LogP contribution is -2.26. The third-order valence-electron chi connectivity index (χ3n) is 3.78. The van der Waals surface area contributed by atoms with Crippen molar-refractivity contribution in [3.8, 4) is 17.2 Å². The number of aryl methyl sites for hydroxylation is 1. The SMILES string of the molecule is CCOc1ccc(NC(=O)Cn2cc(-c3nc(CC)no3)ccc2=O)cc1. The number of hydrogen-bond acceptors (Lipinski definition) is 6. The van der Waals surface area contributed by atoms with Crippen LogP contribution in [0.25, 0.3) is 11.5 Å². The van der Waals surface area contributed by atoms with E-state index in [4.69, 9.17) is 9.26 Å². The number of benzene rings is 1. The van der Waals surface area contributed by atoms with Gasteiger partial charge in [0.2, 0.25) is 5.91 Å². The molecule has 0 spiro atoms. The van der Waals surface area contributed by atoms with Crippen LogP contribution in [-0.2, 0) is 17.8 Å². The van der Waals surface area contributed by atoms with Crippen LogP contribution in [0.5, 0.6) is 5.75 Å². The Balaban J connectivity index is 1.71. The summed E-state index contributed by atoms with van der Waals surface area (Å²) in [7, 11) is 0. The standard InChI is InChI=1S/C19H20N4O4/c1-3-16-21-19(27-22-16)13-5-10-18(25)23(11-13)12-17(24)20-14-6-8-15(9-7-14)26-4-2/h5-11H,3-4,12H2,1-2H3,(H,20,24). The second-order valence-corrected chi connectivity index (χ2v) is 5.76. The number of carbonyl (C=O) groups is 1. The normalized spacial score (nSPS) is 10.6. The third-order valence-corrected chi connectivity index (χ3v) is 3.78. The van der Waals surface area contributed by atoms with E-state index < -0.39 is 0 Å². The molecule has 0 fully saturated rings. The van der Waals surface area contributed by atoms with E-state index >= 15 is 0 Å². The molecule has 2 aromatic heterocycles. The zero-order chi connectivity index (χ0) is 19.2. The molecule has 0 atom stereocenters. The molecule has 27 heavy (non-hydrogen) atoms. The molecule has 0 unspecified atom stereocenters. The molecule has 140 valence electrons. The van der Waals surface area contributed by atoms with Crippen molar-refractivity contribution in [2.75, 3.05) is 11.9 Å². The Morgan fingerprint density at radius 3 is 2.63 bits per heavy atom. The molecule has 2 heterocycles. The number of anilines is 1. The predicted octanol–water partition coefficient (Wildman–Crippen LogP) is 2.50. The van der Waals surface area contributed by atoms with Crippen LogP contribution in [0.1, 0.15) is 19.7 Å². The number of pyridine rings is 1. The zero-order valence-electron chi connectivity index (χ0n) is 15.1. The van der Waals surface area contributed by atoms with Crippen LogP contribution in [0.3, 0.4) is 0 Å². The van der Waals surface area contributed by atoms with Gasteiger partial charge >= 0.3 is 0 Å². The highest BCUT2D eigenvalue weighted by Gasteiger charge is 2.11. The first-order chi connectivity index (χ1) is 13.1. The average Bonchev–Trinajstić information content (AvgIpc) is 3.14. The van der Waals surface area contributed by atoms with Gasteiger partial charge in [0.05, 0.1) is 12.2 Å². The van der Waals surface area contributed by atoms with Crippen LogP contribution in [0, 0.1) is 0 Å². The highest BCUT2D eigenvalue weighted by atomic mass is 16.5. The lowest BCUT2D eigenvalue weighted by molar-refractivity contribution is -0.116. The fraction of sp³-hybridized carbons (Fsp3) is 0.263. The second-order valence-electron chi connectivity index (χ2n) is 5.76. The van der Waals surface area contributed by atoms with Gasteiger partial charge in [0.1, 0.15) is 12.3 Å². The number of amides is 1. The van der Waals surface area contributed by atoms with E-state index in [0.717, 1.165) is 5.75 Å². The fourth-order valence-electron chi connectivity index (χ4n) is 2.45. The van der Waals surface area contributed by atoms with E-state index in [9.17, 15) is 9.59 Å². The van der Waals surface area contributed by atoms with Crippen molar-refractivity contribution in [1.82, 2.24) is 14.7 Å². The maximum absolute atomic E-state index is 12.3. The summed E-state index contributed by atoms with van der Waals surface area (Å²) in [5.41, 5.74) is 0.906. The summed E-state index contributed by atoms with van der Waals surface area (Å²) in [4.78, 5) is 28.6. The quantitative estimate of drug-likeness (QED) is 0.688. The summed E-state index contributed by atoms with van der Waals surface area (Å²) in [6.07, 6.45) is 2.18. The van der Waals surface area contributed by atoms with Gasteiger partial charge in [-0.25, -0.2) is 0 Å². The molecule has 0 aliphatic carbocycles. The molecule has 1 aromatic carbocycles.